The lowest BCUT2D eigenvalue weighted by Crippen LogP contribution is -2.44. The summed E-state index contributed by atoms with van der Waals surface area (Å²) in [7, 11) is 0. The van der Waals surface area contributed by atoms with Gasteiger partial charge in [0, 0.05) is 35.9 Å². The zero-order valence-electron chi connectivity index (χ0n) is 11.4. The van der Waals surface area contributed by atoms with Crippen LogP contribution in [0.4, 0.5) is 5.69 Å². The standard InChI is InChI=1S/C14H15ClN4O2/c1-9(20)18-13(6-12-7-16-8-17-12)14(21)19-11-4-2-10(15)3-5-11/h2-5,7-8,13H,6H2,1H3,(H,16,17)(H,18,20)(H,19,21)/t13-/m0/s1. The Morgan fingerprint density at radius 1 is 1.33 bits per heavy atom. The molecule has 0 spiro atoms. The Labute approximate surface area is 126 Å². The Morgan fingerprint density at radius 2 is 2.05 bits per heavy atom. The fraction of sp³-hybridized carbons (Fsp3) is 0.214. The Hall–Kier alpha value is -2.34. The van der Waals surface area contributed by atoms with Crippen LogP contribution in [0.25, 0.3) is 0 Å². The Morgan fingerprint density at radius 3 is 2.62 bits per heavy atom. The lowest BCUT2D eigenvalue weighted by atomic mass is 10.1. The summed E-state index contributed by atoms with van der Waals surface area (Å²) in [6, 6.07) is 6.07. The molecule has 7 heteroatoms. The Bertz CT molecular complexity index is 610. The van der Waals surface area contributed by atoms with E-state index in [-0.39, 0.29) is 11.8 Å². The highest BCUT2D eigenvalue weighted by Gasteiger charge is 2.20. The highest BCUT2D eigenvalue weighted by molar-refractivity contribution is 6.30. The lowest BCUT2D eigenvalue weighted by Gasteiger charge is -2.17. The minimum atomic E-state index is -0.682. The maximum absolute atomic E-state index is 12.3. The molecule has 2 aromatic rings. The first-order valence-electron chi connectivity index (χ1n) is 6.35. The van der Waals surface area contributed by atoms with Crippen LogP contribution in [0, 0.1) is 0 Å². The molecule has 0 bridgehead atoms. The number of aromatic nitrogens is 2. The monoisotopic (exact) mass is 306 g/mol. The van der Waals surface area contributed by atoms with Gasteiger partial charge in [0.15, 0.2) is 0 Å². The number of hydrogen-bond donors (Lipinski definition) is 3. The van der Waals surface area contributed by atoms with E-state index in [1.165, 1.54) is 13.3 Å². The molecule has 3 N–H and O–H groups in total. The quantitative estimate of drug-likeness (QED) is 0.786. The van der Waals surface area contributed by atoms with Crippen molar-refractivity contribution in [3.8, 4) is 0 Å². The summed E-state index contributed by atoms with van der Waals surface area (Å²) in [4.78, 5) is 30.3. The number of benzene rings is 1. The van der Waals surface area contributed by atoms with Crippen LogP contribution in [0.3, 0.4) is 0 Å². The molecule has 110 valence electrons. The summed E-state index contributed by atoms with van der Waals surface area (Å²) < 4.78 is 0. The van der Waals surface area contributed by atoms with E-state index in [4.69, 9.17) is 11.6 Å². The number of carbonyl (C=O) groups excluding carboxylic acids is 2. The Balaban J connectivity index is 2.06. The van der Waals surface area contributed by atoms with Crippen molar-refractivity contribution in [2.75, 3.05) is 5.32 Å². The van der Waals surface area contributed by atoms with Gasteiger partial charge in [0.05, 0.1) is 6.33 Å². The molecule has 1 atom stereocenters. The van der Waals surface area contributed by atoms with E-state index in [2.05, 4.69) is 20.6 Å². The second-order valence-electron chi connectivity index (χ2n) is 4.53. The predicted octanol–water partition coefficient (Wildman–Crippen LogP) is 1.75. The number of anilines is 1. The van der Waals surface area contributed by atoms with Gasteiger partial charge in [-0.1, -0.05) is 11.6 Å². The first-order valence-corrected chi connectivity index (χ1v) is 6.73. The topological polar surface area (TPSA) is 86.9 Å². The second-order valence-corrected chi connectivity index (χ2v) is 4.97. The molecule has 0 radical (unpaired) electrons. The average Bonchev–Trinajstić information content (AvgIpc) is 2.93. The largest absolute Gasteiger partial charge is 0.348 e. The number of hydrogen-bond acceptors (Lipinski definition) is 3. The van der Waals surface area contributed by atoms with Gasteiger partial charge in [-0.05, 0) is 24.3 Å². The number of aromatic amines is 1. The van der Waals surface area contributed by atoms with Crippen LogP contribution in [-0.4, -0.2) is 27.8 Å². The van der Waals surface area contributed by atoms with Crippen LogP contribution < -0.4 is 10.6 Å². The van der Waals surface area contributed by atoms with Crippen molar-refractivity contribution in [1.82, 2.24) is 15.3 Å². The molecule has 0 aliphatic heterocycles. The van der Waals surface area contributed by atoms with Crippen molar-refractivity contribution >= 4 is 29.1 Å². The lowest BCUT2D eigenvalue weighted by molar-refractivity contribution is -0.125. The van der Waals surface area contributed by atoms with E-state index in [9.17, 15) is 9.59 Å². The third kappa shape index (κ3) is 4.61. The summed E-state index contributed by atoms with van der Waals surface area (Å²) >= 11 is 5.79. The molecule has 0 fully saturated rings. The molecule has 0 saturated heterocycles. The third-order valence-corrected chi connectivity index (χ3v) is 3.04. The Kier molecular flexibility index (Phi) is 4.94. The fourth-order valence-corrected chi connectivity index (χ4v) is 1.96. The molecule has 0 aliphatic carbocycles. The van der Waals surface area contributed by atoms with Gasteiger partial charge in [-0.3, -0.25) is 9.59 Å². The van der Waals surface area contributed by atoms with Crippen LogP contribution in [0.15, 0.2) is 36.8 Å². The number of nitrogens with one attached hydrogen (secondary N) is 3. The smallest absolute Gasteiger partial charge is 0.247 e. The normalized spacial score (nSPS) is 11.7. The highest BCUT2D eigenvalue weighted by Crippen LogP contribution is 2.14. The highest BCUT2D eigenvalue weighted by atomic mass is 35.5. The van der Waals surface area contributed by atoms with Gasteiger partial charge in [0.1, 0.15) is 6.04 Å². The van der Waals surface area contributed by atoms with Gasteiger partial charge in [0.25, 0.3) is 0 Å². The van der Waals surface area contributed by atoms with Crippen LogP contribution >= 0.6 is 11.6 Å². The molecular weight excluding hydrogens is 292 g/mol. The number of carbonyl (C=O) groups is 2. The zero-order valence-corrected chi connectivity index (χ0v) is 12.1. The first-order chi connectivity index (χ1) is 10.0. The van der Waals surface area contributed by atoms with Crippen molar-refractivity contribution in [3.63, 3.8) is 0 Å². The van der Waals surface area contributed by atoms with E-state index in [0.29, 0.717) is 17.1 Å². The summed E-state index contributed by atoms with van der Waals surface area (Å²) in [5.74, 6) is -0.576. The van der Waals surface area contributed by atoms with Crippen LogP contribution in [0.1, 0.15) is 12.6 Å². The van der Waals surface area contributed by atoms with Crippen LogP contribution in [0.2, 0.25) is 5.02 Å². The molecule has 0 saturated carbocycles. The number of H-pyrrole nitrogens is 1. The van der Waals surface area contributed by atoms with E-state index in [1.807, 2.05) is 0 Å². The number of rotatable bonds is 5. The van der Waals surface area contributed by atoms with E-state index in [0.717, 1.165) is 5.69 Å². The number of nitrogens with zero attached hydrogens (tertiary/aromatic N) is 1. The molecule has 2 amide bonds. The number of halogens is 1. The molecule has 1 aromatic heterocycles. The van der Waals surface area contributed by atoms with E-state index in [1.54, 1.807) is 30.5 Å². The minimum absolute atomic E-state index is 0.272. The maximum atomic E-state index is 12.3. The van der Waals surface area contributed by atoms with Crippen molar-refractivity contribution in [3.05, 3.63) is 47.5 Å². The molecule has 21 heavy (non-hydrogen) atoms. The maximum Gasteiger partial charge on any atom is 0.247 e. The molecule has 1 heterocycles. The molecule has 1 aromatic carbocycles. The summed E-state index contributed by atoms with van der Waals surface area (Å²) in [6.07, 6.45) is 3.47. The molecule has 2 rings (SSSR count). The average molecular weight is 307 g/mol. The SMILES string of the molecule is CC(=O)N[C@@H](Cc1cnc[nH]1)C(=O)Nc1ccc(Cl)cc1. The fourth-order valence-electron chi connectivity index (χ4n) is 1.83. The second kappa shape index (κ2) is 6.90. The third-order valence-electron chi connectivity index (χ3n) is 2.78. The van der Waals surface area contributed by atoms with Gasteiger partial charge in [-0.15, -0.1) is 0 Å². The van der Waals surface area contributed by atoms with Crippen molar-refractivity contribution in [2.24, 2.45) is 0 Å². The van der Waals surface area contributed by atoms with Gasteiger partial charge in [-0.2, -0.15) is 0 Å². The van der Waals surface area contributed by atoms with E-state index < -0.39 is 6.04 Å². The van der Waals surface area contributed by atoms with Crippen molar-refractivity contribution < 1.29 is 9.59 Å². The first kappa shape index (κ1) is 15.1. The summed E-state index contributed by atoms with van der Waals surface area (Å²) in [6.45, 7) is 1.37. The summed E-state index contributed by atoms with van der Waals surface area (Å²) in [5, 5.41) is 5.95. The molecule has 6 nitrogen and oxygen atoms in total. The zero-order chi connectivity index (χ0) is 15.2. The van der Waals surface area contributed by atoms with Gasteiger partial charge in [-0.25, -0.2) is 4.98 Å². The molecular formula is C14H15ClN4O2. The van der Waals surface area contributed by atoms with Crippen LogP contribution in [-0.2, 0) is 16.0 Å². The number of imidazole rings is 1. The van der Waals surface area contributed by atoms with Crippen molar-refractivity contribution in [1.29, 1.82) is 0 Å². The molecule has 0 aliphatic rings. The number of amides is 2. The van der Waals surface area contributed by atoms with E-state index >= 15 is 0 Å². The summed E-state index contributed by atoms with van der Waals surface area (Å²) in [5.41, 5.74) is 1.38. The minimum Gasteiger partial charge on any atom is -0.348 e. The van der Waals surface area contributed by atoms with Gasteiger partial charge >= 0.3 is 0 Å². The van der Waals surface area contributed by atoms with Gasteiger partial charge < -0.3 is 15.6 Å². The van der Waals surface area contributed by atoms with Gasteiger partial charge in [0.2, 0.25) is 11.8 Å². The van der Waals surface area contributed by atoms with Crippen molar-refractivity contribution in [2.45, 2.75) is 19.4 Å². The molecule has 0 unspecified atom stereocenters. The van der Waals surface area contributed by atoms with Crippen LogP contribution in [0.5, 0.6) is 0 Å². The predicted molar refractivity (Wildman–Crippen MR) is 80.0 cm³/mol.